The van der Waals surface area contributed by atoms with E-state index in [0.717, 1.165) is 0 Å². The summed E-state index contributed by atoms with van der Waals surface area (Å²) in [5, 5.41) is 11.3. The number of aromatic amines is 1. The zero-order valence-electron chi connectivity index (χ0n) is 9.71. The Bertz CT molecular complexity index is 444. The van der Waals surface area contributed by atoms with Gasteiger partial charge in [-0.25, -0.2) is 5.10 Å². The van der Waals surface area contributed by atoms with Gasteiger partial charge in [0.05, 0.1) is 18.4 Å². The van der Waals surface area contributed by atoms with Gasteiger partial charge in [0.15, 0.2) is 0 Å². The third kappa shape index (κ3) is 4.44. The summed E-state index contributed by atoms with van der Waals surface area (Å²) in [7, 11) is 0. The van der Waals surface area contributed by atoms with Crippen molar-refractivity contribution in [3.63, 3.8) is 0 Å². The van der Waals surface area contributed by atoms with E-state index in [-0.39, 0.29) is 17.5 Å². The third-order valence-electron chi connectivity index (χ3n) is 1.94. The molecule has 1 aromatic heterocycles. The van der Waals surface area contributed by atoms with E-state index in [2.05, 4.69) is 20.8 Å². The molecular formula is C10H15ClN4O2. The molecule has 0 bridgehead atoms. The molecule has 94 valence electrons. The van der Waals surface area contributed by atoms with Gasteiger partial charge in [-0.3, -0.25) is 9.59 Å². The van der Waals surface area contributed by atoms with Crippen molar-refractivity contribution in [1.29, 1.82) is 0 Å². The van der Waals surface area contributed by atoms with Gasteiger partial charge in [-0.15, -0.1) is 0 Å². The topological polar surface area (TPSA) is 86.9 Å². The summed E-state index contributed by atoms with van der Waals surface area (Å²) in [6.45, 7) is 4.68. The van der Waals surface area contributed by atoms with Crippen molar-refractivity contribution in [1.82, 2.24) is 15.5 Å². The van der Waals surface area contributed by atoms with E-state index in [4.69, 9.17) is 11.6 Å². The Morgan fingerprint density at radius 1 is 1.59 bits per heavy atom. The zero-order chi connectivity index (χ0) is 12.8. The number of nitrogens with one attached hydrogen (secondary N) is 3. The van der Waals surface area contributed by atoms with Crippen LogP contribution in [-0.4, -0.2) is 29.2 Å². The molecule has 1 amide bonds. The Morgan fingerprint density at radius 2 is 2.29 bits per heavy atom. The second kappa shape index (κ2) is 6.24. The molecule has 0 aliphatic heterocycles. The first-order chi connectivity index (χ1) is 8.00. The molecule has 3 N–H and O–H groups in total. The quantitative estimate of drug-likeness (QED) is 0.722. The first-order valence-electron chi connectivity index (χ1n) is 5.24. The fourth-order valence-electron chi connectivity index (χ4n) is 1.06. The summed E-state index contributed by atoms with van der Waals surface area (Å²) in [6, 6.07) is 0. The van der Waals surface area contributed by atoms with Crippen LogP contribution >= 0.6 is 11.6 Å². The lowest BCUT2D eigenvalue weighted by atomic mass is 10.2. The van der Waals surface area contributed by atoms with Crippen molar-refractivity contribution in [2.75, 3.05) is 18.4 Å². The van der Waals surface area contributed by atoms with E-state index in [9.17, 15) is 9.59 Å². The largest absolute Gasteiger partial charge is 0.373 e. The fourth-order valence-corrected chi connectivity index (χ4v) is 1.22. The number of hydrogen-bond donors (Lipinski definition) is 3. The molecule has 0 aromatic carbocycles. The van der Waals surface area contributed by atoms with Gasteiger partial charge >= 0.3 is 0 Å². The number of halogens is 1. The first-order valence-corrected chi connectivity index (χ1v) is 5.62. The van der Waals surface area contributed by atoms with E-state index in [0.29, 0.717) is 18.2 Å². The predicted molar refractivity (Wildman–Crippen MR) is 66.2 cm³/mol. The lowest BCUT2D eigenvalue weighted by Crippen LogP contribution is -2.32. The number of rotatable bonds is 5. The van der Waals surface area contributed by atoms with Crippen LogP contribution < -0.4 is 16.2 Å². The molecule has 0 spiro atoms. The van der Waals surface area contributed by atoms with Gasteiger partial charge < -0.3 is 10.6 Å². The molecule has 0 aliphatic carbocycles. The SMILES string of the molecule is CC(C)CNC(=O)CNc1cn[nH]c(=O)c1Cl. The number of aromatic nitrogens is 2. The molecule has 0 fully saturated rings. The Labute approximate surface area is 104 Å². The van der Waals surface area contributed by atoms with E-state index >= 15 is 0 Å². The first kappa shape index (κ1) is 13.5. The minimum Gasteiger partial charge on any atom is -0.373 e. The summed E-state index contributed by atoms with van der Waals surface area (Å²) < 4.78 is 0. The van der Waals surface area contributed by atoms with Crippen molar-refractivity contribution >= 4 is 23.2 Å². The molecule has 1 heterocycles. The highest BCUT2D eigenvalue weighted by atomic mass is 35.5. The standard InChI is InChI=1S/C10H15ClN4O2/c1-6(2)3-13-8(16)5-12-7-4-14-15-10(17)9(7)11/h4,6H,3,5H2,1-2H3,(H,13,16)(H2,12,15,17). The lowest BCUT2D eigenvalue weighted by molar-refractivity contribution is -0.119. The highest BCUT2D eigenvalue weighted by Gasteiger charge is 2.07. The third-order valence-corrected chi connectivity index (χ3v) is 2.32. The van der Waals surface area contributed by atoms with Crippen LogP contribution in [0, 0.1) is 5.92 Å². The summed E-state index contributed by atoms with van der Waals surface area (Å²) in [5.41, 5.74) is -0.144. The Morgan fingerprint density at radius 3 is 2.94 bits per heavy atom. The molecule has 0 saturated carbocycles. The Balaban J connectivity index is 2.48. The minimum atomic E-state index is -0.487. The molecule has 6 nitrogen and oxygen atoms in total. The van der Waals surface area contributed by atoms with E-state index in [1.165, 1.54) is 6.20 Å². The van der Waals surface area contributed by atoms with Crippen LogP contribution in [-0.2, 0) is 4.79 Å². The van der Waals surface area contributed by atoms with Crippen LogP contribution in [0.3, 0.4) is 0 Å². The summed E-state index contributed by atoms with van der Waals surface area (Å²) >= 11 is 5.73. The highest BCUT2D eigenvalue weighted by Crippen LogP contribution is 2.13. The number of hydrogen-bond acceptors (Lipinski definition) is 4. The summed E-state index contributed by atoms with van der Waals surface area (Å²) in [6.07, 6.45) is 1.36. The molecule has 17 heavy (non-hydrogen) atoms. The van der Waals surface area contributed by atoms with Gasteiger partial charge in [-0.2, -0.15) is 5.10 Å². The minimum absolute atomic E-state index is 0.00309. The van der Waals surface area contributed by atoms with E-state index in [1.54, 1.807) is 0 Å². The smallest absolute Gasteiger partial charge is 0.285 e. The average Bonchev–Trinajstić information content (AvgIpc) is 2.28. The number of carbonyl (C=O) groups is 1. The normalized spacial score (nSPS) is 10.4. The van der Waals surface area contributed by atoms with Crippen molar-refractivity contribution < 1.29 is 4.79 Å². The van der Waals surface area contributed by atoms with Crippen LogP contribution in [0.25, 0.3) is 0 Å². The second-order valence-corrected chi connectivity index (χ2v) is 4.36. The number of nitrogens with zero attached hydrogens (tertiary/aromatic N) is 1. The number of carbonyl (C=O) groups excluding carboxylic acids is 1. The van der Waals surface area contributed by atoms with Gasteiger partial charge in [0, 0.05) is 6.54 Å². The molecule has 0 radical (unpaired) electrons. The van der Waals surface area contributed by atoms with Crippen LogP contribution in [0.2, 0.25) is 5.02 Å². The maximum Gasteiger partial charge on any atom is 0.285 e. The van der Waals surface area contributed by atoms with Crippen LogP contribution in [0.15, 0.2) is 11.0 Å². The second-order valence-electron chi connectivity index (χ2n) is 3.98. The van der Waals surface area contributed by atoms with Crippen molar-refractivity contribution in [2.45, 2.75) is 13.8 Å². The van der Waals surface area contributed by atoms with Crippen molar-refractivity contribution in [3.05, 3.63) is 21.6 Å². The molecule has 7 heteroatoms. The van der Waals surface area contributed by atoms with Crippen molar-refractivity contribution in [2.24, 2.45) is 5.92 Å². The van der Waals surface area contributed by atoms with Gasteiger partial charge in [0.25, 0.3) is 5.56 Å². The average molecular weight is 259 g/mol. The molecule has 0 saturated heterocycles. The molecular weight excluding hydrogens is 244 g/mol. The van der Waals surface area contributed by atoms with Gasteiger partial charge in [0.1, 0.15) is 5.02 Å². The lowest BCUT2D eigenvalue weighted by Gasteiger charge is -2.09. The molecule has 0 unspecified atom stereocenters. The number of H-pyrrole nitrogens is 1. The van der Waals surface area contributed by atoms with E-state index in [1.807, 2.05) is 13.8 Å². The fraction of sp³-hybridized carbons (Fsp3) is 0.500. The highest BCUT2D eigenvalue weighted by molar-refractivity contribution is 6.32. The van der Waals surface area contributed by atoms with Crippen LogP contribution in [0.5, 0.6) is 0 Å². The molecule has 1 rings (SSSR count). The van der Waals surface area contributed by atoms with E-state index < -0.39 is 5.56 Å². The summed E-state index contributed by atoms with van der Waals surface area (Å²) in [4.78, 5) is 22.5. The number of anilines is 1. The van der Waals surface area contributed by atoms with Crippen molar-refractivity contribution in [3.8, 4) is 0 Å². The number of amides is 1. The van der Waals surface area contributed by atoms with Gasteiger partial charge in [-0.1, -0.05) is 25.4 Å². The Hall–Kier alpha value is -1.56. The predicted octanol–water partition coefficient (Wildman–Crippen LogP) is 0.607. The van der Waals surface area contributed by atoms with Gasteiger partial charge in [-0.05, 0) is 5.92 Å². The Kier molecular flexibility index (Phi) is 4.96. The molecule has 0 aliphatic rings. The van der Waals surface area contributed by atoms with Crippen LogP contribution in [0.4, 0.5) is 5.69 Å². The van der Waals surface area contributed by atoms with Crippen LogP contribution in [0.1, 0.15) is 13.8 Å². The molecule has 1 aromatic rings. The zero-order valence-corrected chi connectivity index (χ0v) is 10.5. The maximum absolute atomic E-state index is 11.4. The monoisotopic (exact) mass is 258 g/mol. The van der Waals surface area contributed by atoms with Gasteiger partial charge in [0.2, 0.25) is 5.91 Å². The maximum atomic E-state index is 11.4. The molecule has 0 atom stereocenters. The summed E-state index contributed by atoms with van der Waals surface area (Å²) in [5.74, 6) is 0.235.